The van der Waals surface area contributed by atoms with Crippen LogP contribution in [0.4, 0.5) is 13.2 Å². The van der Waals surface area contributed by atoms with Gasteiger partial charge in [0.25, 0.3) is 5.91 Å². The minimum absolute atomic E-state index is 0.324. The van der Waals surface area contributed by atoms with Gasteiger partial charge in [-0.25, -0.2) is 4.68 Å². The monoisotopic (exact) mass is 334 g/mol. The Kier molecular flexibility index (Phi) is 4.11. The summed E-state index contributed by atoms with van der Waals surface area (Å²) in [4.78, 5) is 15.1. The van der Waals surface area contributed by atoms with Gasteiger partial charge >= 0.3 is 6.18 Å². The van der Waals surface area contributed by atoms with Crippen molar-refractivity contribution in [3.8, 4) is 5.69 Å². The first-order valence-corrected chi connectivity index (χ1v) is 7.07. The smallest absolute Gasteiger partial charge is 0.364 e. The summed E-state index contributed by atoms with van der Waals surface area (Å²) in [6.07, 6.45) is -1.55. The fraction of sp³-hybridized carbons (Fsp3) is 0.125. The molecule has 5 nitrogen and oxygen atoms in total. The minimum atomic E-state index is -4.50. The van der Waals surface area contributed by atoms with Crippen LogP contribution in [0.1, 0.15) is 21.7 Å². The number of carbonyl (C=O) groups excluding carboxylic acids is 1. The van der Waals surface area contributed by atoms with Crippen molar-refractivity contribution < 1.29 is 18.0 Å². The number of hydrogen-bond donors (Lipinski definition) is 2. The number of nitrogens with one attached hydrogen (secondary N) is 2. The van der Waals surface area contributed by atoms with Gasteiger partial charge in [0.15, 0.2) is 5.69 Å². The second kappa shape index (κ2) is 6.23. The normalized spacial score (nSPS) is 11.5. The lowest BCUT2D eigenvalue weighted by Gasteiger charge is -2.07. The van der Waals surface area contributed by atoms with Gasteiger partial charge in [-0.1, -0.05) is 6.07 Å². The molecule has 0 saturated carbocycles. The topological polar surface area (TPSA) is 62.7 Å². The molecule has 1 amide bonds. The largest absolute Gasteiger partial charge is 0.435 e. The van der Waals surface area contributed by atoms with Crippen LogP contribution in [0, 0.1) is 0 Å². The van der Waals surface area contributed by atoms with Gasteiger partial charge in [-0.2, -0.15) is 18.3 Å². The summed E-state index contributed by atoms with van der Waals surface area (Å²) in [7, 11) is 0. The molecular formula is C16H13F3N4O. The van der Waals surface area contributed by atoms with E-state index in [1.807, 2.05) is 12.1 Å². The lowest BCUT2D eigenvalue weighted by Crippen LogP contribution is -2.23. The summed E-state index contributed by atoms with van der Waals surface area (Å²) in [5.41, 5.74) is 0.576. The van der Waals surface area contributed by atoms with Gasteiger partial charge < -0.3 is 10.3 Å². The van der Waals surface area contributed by atoms with E-state index >= 15 is 0 Å². The summed E-state index contributed by atoms with van der Waals surface area (Å²) in [5.74, 6) is -0.324. The molecule has 0 aliphatic carbocycles. The van der Waals surface area contributed by atoms with Crippen molar-refractivity contribution in [2.45, 2.75) is 12.7 Å². The van der Waals surface area contributed by atoms with E-state index in [4.69, 9.17) is 0 Å². The second-order valence-corrected chi connectivity index (χ2v) is 5.07. The summed E-state index contributed by atoms with van der Waals surface area (Å²) in [6, 6.07) is 10.8. The molecule has 0 radical (unpaired) electrons. The third-order valence-electron chi connectivity index (χ3n) is 3.35. The Hall–Kier alpha value is -3.03. The molecule has 2 heterocycles. The van der Waals surface area contributed by atoms with E-state index in [1.165, 1.54) is 12.3 Å². The molecule has 0 aliphatic rings. The Morgan fingerprint density at radius 2 is 2.04 bits per heavy atom. The molecular weight excluding hydrogens is 321 g/mol. The molecule has 0 fully saturated rings. The van der Waals surface area contributed by atoms with Crippen LogP contribution in [-0.2, 0) is 12.7 Å². The molecule has 3 aromatic rings. The van der Waals surface area contributed by atoms with Crippen LogP contribution in [0.15, 0.2) is 54.9 Å². The number of aromatic nitrogens is 3. The Labute approximate surface area is 135 Å². The molecule has 2 aromatic heterocycles. The summed E-state index contributed by atoms with van der Waals surface area (Å²) < 4.78 is 38.9. The van der Waals surface area contributed by atoms with E-state index < -0.39 is 11.9 Å². The van der Waals surface area contributed by atoms with Crippen LogP contribution >= 0.6 is 0 Å². The number of alkyl halides is 3. The average Bonchev–Trinajstić information content (AvgIpc) is 3.23. The van der Waals surface area contributed by atoms with Gasteiger partial charge in [0.1, 0.15) is 0 Å². The Morgan fingerprint density at radius 3 is 2.71 bits per heavy atom. The van der Waals surface area contributed by atoms with E-state index in [2.05, 4.69) is 15.4 Å². The number of H-pyrrole nitrogens is 1. The molecule has 0 bridgehead atoms. The van der Waals surface area contributed by atoms with E-state index in [0.29, 0.717) is 17.8 Å². The number of hydrogen-bond acceptors (Lipinski definition) is 2. The molecule has 0 atom stereocenters. The number of rotatable bonds is 4. The highest BCUT2D eigenvalue weighted by Gasteiger charge is 2.33. The first kappa shape index (κ1) is 15.9. The zero-order valence-corrected chi connectivity index (χ0v) is 12.3. The van der Waals surface area contributed by atoms with Crippen molar-refractivity contribution in [2.75, 3.05) is 0 Å². The van der Waals surface area contributed by atoms with Crippen molar-refractivity contribution in [2.24, 2.45) is 0 Å². The fourth-order valence-electron chi connectivity index (χ4n) is 2.16. The SMILES string of the molecule is O=C(NCc1ccc[nH]1)c1cccc(-n2ccc(C(F)(F)F)n2)c1. The highest BCUT2D eigenvalue weighted by Crippen LogP contribution is 2.27. The third kappa shape index (κ3) is 3.48. The van der Waals surface area contributed by atoms with E-state index in [1.54, 1.807) is 24.4 Å². The number of nitrogens with zero attached hydrogens (tertiary/aromatic N) is 2. The first-order valence-electron chi connectivity index (χ1n) is 7.07. The minimum Gasteiger partial charge on any atom is -0.364 e. The Balaban J connectivity index is 1.76. The van der Waals surface area contributed by atoms with Crippen LogP contribution < -0.4 is 5.32 Å². The predicted octanol–water partition coefficient (Wildman–Crippen LogP) is 3.15. The number of benzene rings is 1. The van der Waals surface area contributed by atoms with Gasteiger partial charge in [0.2, 0.25) is 0 Å². The standard InChI is InChI=1S/C16H13F3N4O/c17-16(18,19)14-6-8-23(22-14)13-5-1-3-11(9-13)15(24)21-10-12-4-2-7-20-12/h1-9,20H,10H2,(H,21,24). The second-order valence-electron chi connectivity index (χ2n) is 5.07. The van der Waals surface area contributed by atoms with Gasteiger partial charge in [-0.15, -0.1) is 0 Å². The Morgan fingerprint density at radius 1 is 1.21 bits per heavy atom. The lowest BCUT2D eigenvalue weighted by atomic mass is 10.2. The van der Waals surface area contributed by atoms with Gasteiger partial charge in [-0.05, 0) is 36.4 Å². The Bertz CT molecular complexity index is 837. The highest BCUT2D eigenvalue weighted by molar-refractivity contribution is 5.94. The van der Waals surface area contributed by atoms with Crippen molar-refractivity contribution in [1.29, 1.82) is 0 Å². The third-order valence-corrected chi connectivity index (χ3v) is 3.35. The summed E-state index contributed by atoms with van der Waals surface area (Å²) in [6.45, 7) is 0.329. The summed E-state index contributed by atoms with van der Waals surface area (Å²) in [5, 5.41) is 6.22. The van der Waals surface area contributed by atoms with Crippen LogP contribution in [0.5, 0.6) is 0 Å². The van der Waals surface area contributed by atoms with E-state index in [-0.39, 0.29) is 5.91 Å². The number of halogens is 3. The molecule has 0 unspecified atom stereocenters. The molecule has 3 rings (SSSR count). The quantitative estimate of drug-likeness (QED) is 0.770. The highest BCUT2D eigenvalue weighted by atomic mass is 19.4. The van der Waals surface area contributed by atoms with Crippen LogP contribution in [-0.4, -0.2) is 20.7 Å². The molecule has 8 heteroatoms. The first-order chi connectivity index (χ1) is 11.4. The van der Waals surface area contributed by atoms with Crippen LogP contribution in [0.3, 0.4) is 0 Å². The van der Waals surface area contributed by atoms with Gasteiger partial charge in [0, 0.05) is 23.7 Å². The molecule has 1 aromatic carbocycles. The molecule has 2 N–H and O–H groups in total. The zero-order chi connectivity index (χ0) is 17.2. The van der Waals surface area contributed by atoms with Crippen molar-refractivity contribution in [3.63, 3.8) is 0 Å². The molecule has 0 saturated heterocycles. The molecule has 24 heavy (non-hydrogen) atoms. The van der Waals surface area contributed by atoms with Gasteiger partial charge in [-0.3, -0.25) is 4.79 Å². The van der Waals surface area contributed by atoms with Crippen LogP contribution in [0.25, 0.3) is 5.69 Å². The maximum absolute atomic E-state index is 12.6. The van der Waals surface area contributed by atoms with Crippen LogP contribution in [0.2, 0.25) is 0 Å². The van der Waals surface area contributed by atoms with Gasteiger partial charge in [0.05, 0.1) is 12.2 Å². The number of carbonyl (C=O) groups is 1. The van der Waals surface area contributed by atoms with Crippen molar-refractivity contribution in [1.82, 2.24) is 20.1 Å². The van der Waals surface area contributed by atoms with Crippen molar-refractivity contribution in [3.05, 3.63) is 71.8 Å². The summed E-state index contributed by atoms with van der Waals surface area (Å²) >= 11 is 0. The number of amides is 1. The number of aromatic amines is 1. The fourth-order valence-corrected chi connectivity index (χ4v) is 2.16. The maximum Gasteiger partial charge on any atom is 0.435 e. The average molecular weight is 334 g/mol. The molecule has 124 valence electrons. The van der Waals surface area contributed by atoms with E-state index in [9.17, 15) is 18.0 Å². The molecule has 0 spiro atoms. The molecule has 0 aliphatic heterocycles. The maximum atomic E-state index is 12.6. The predicted molar refractivity (Wildman–Crippen MR) is 80.5 cm³/mol. The van der Waals surface area contributed by atoms with Crippen molar-refractivity contribution >= 4 is 5.91 Å². The lowest BCUT2D eigenvalue weighted by molar-refractivity contribution is -0.141. The van der Waals surface area contributed by atoms with E-state index in [0.717, 1.165) is 16.4 Å². The zero-order valence-electron chi connectivity index (χ0n) is 12.3.